The second kappa shape index (κ2) is 9.11. The van der Waals surface area contributed by atoms with Crippen LogP contribution in [0.15, 0.2) is 48.5 Å². The van der Waals surface area contributed by atoms with E-state index in [9.17, 15) is 4.79 Å². The van der Waals surface area contributed by atoms with Crippen LogP contribution in [0.2, 0.25) is 0 Å². The lowest BCUT2D eigenvalue weighted by molar-refractivity contribution is -0.121. The summed E-state index contributed by atoms with van der Waals surface area (Å²) in [6.45, 7) is 6.75. The monoisotopic (exact) mass is 325 g/mol. The van der Waals surface area contributed by atoms with E-state index >= 15 is 0 Å². The molecule has 0 fully saturated rings. The van der Waals surface area contributed by atoms with E-state index in [1.54, 1.807) is 0 Å². The molecule has 3 nitrogen and oxygen atoms in total. The highest BCUT2D eigenvalue weighted by Gasteiger charge is 2.09. The number of carbonyl (C=O) groups excluding carboxylic acids is 1. The minimum absolute atomic E-state index is 0.0291. The van der Waals surface area contributed by atoms with Gasteiger partial charge in [-0.1, -0.05) is 48.9 Å². The van der Waals surface area contributed by atoms with Crippen LogP contribution in [0.25, 0.3) is 0 Å². The zero-order valence-corrected chi connectivity index (χ0v) is 14.8. The van der Waals surface area contributed by atoms with E-state index in [1.165, 1.54) is 11.1 Å². The average Bonchev–Trinajstić information content (AvgIpc) is 2.60. The van der Waals surface area contributed by atoms with Crippen molar-refractivity contribution in [2.24, 2.45) is 0 Å². The normalized spacial score (nSPS) is 11.8. The van der Waals surface area contributed by atoms with E-state index in [4.69, 9.17) is 4.74 Å². The van der Waals surface area contributed by atoms with Crippen molar-refractivity contribution in [3.8, 4) is 5.75 Å². The smallest absolute Gasteiger partial charge is 0.220 e. The summed E-state index contributed by atoms with van der Waals surface area (Å²) in [5.41, 5.74) is 3.66. The third kappa shape index (κ3) is 5.73. The van der Waals surface area contributed by atoms with Gasteiger partial charge in [0.15, 0.2) is 0 Å². The molecule has 1 N–H and O–H groups in total. The summed E-state index contributed by atoms with van der Waals surface area (Å²) in [7, 11) is 0. The number of nitrogens with one attached hydrogen (secondary N) is 1. The Balaban J connectivity index is 1.69. The molecule has 0 aliphatic rings. The Kier molecular flexibility index (Phi) is 6.86. The molecule has 24 heavy (non-hydrogen) atoms. The molecule has 0 aliphatic carbocycles. The Morgan fingerprint density at radius 1 is 1.08 bits per heavy atom. The lowest BCUT2D eigenvalue weighted by Gasteiger charge is -2.15. The van der Waals surface area contributed by atoms with E-state index in [0.29, 0.717) is 19.4 Å². The van der Waals surface area contributed by atoms with Crippen molar-refractivity contribution in [3.63, 3.8) is 0 Å². The van der Waals surface area contributed by atoms with Crippen molar-refractivity contribution in [1.29, 1.82) is 0 Å². The first kappa shape index (κ1) is 18.1. The lowest BCUT2D eigenvalue weighted by atomic mass is 10.0. The predicted octanol–water partition coefficient (Wildman–Crippen LogP) is 4.59. The van der Waals surface area contributed by atoms with Crippen LogP contribution in [0.4, 0.5) is 0 Å². The van der Waals surface area contributed by atoms with Gasteiger partial charge in [-0.05, 0) is 49.9 Å². The SMILES string of the molecule is CCc1ccc([C@@H](C)NC(=O)CCCOc2ccc(C)cc2)cc1. The summed E-state index contributed by atoms with van der Waals surface area (Å²) in [5, 5.41) is 3.05. The molecule has 0 saturated heterocycles. The summed E-state index contributed by atoms with van der Waals surface area (Å²) >= 11 is 0. The molecule has 128 valence electrons. The summed E-state index contributed by atoms with van der Waals surface area (Å²) in [6, 6.07) is 16.4. The van der Waals surface area contributed by atoms with Gasteiger partial charge in [-0.15, -0.1) is 0 Å². The fourth-order valence-corrected chi connectivity index (χ4v) is 2.50. The Morgan fingerprint density at radius 2 is 1.75 bits per heavy atom. The Labute approximate surface area is 145 Å². The van der Waals surface area contributed by atoms with Gasteiger partial charge in [0.25, 0.3) is 0 Å². The third-order valence-electron chi connectivity index (χ3n) is 4.10. The van der Waals surface area contributed by atoms with E-state index in [0.717, 1.165) is 17.7 Å². The van der Waals surface area contributed by atoms with Gasteiger partial charge in [0.1, 0.15) is 5.75 Å². The minimum Gasteiger partial charge on any atom is -0.494 e. The summed E-state index contributed by atoms with van der Waals surface area (Å²) in [6.07, 6.45) is 2.21. The number of rotatable bonds is 8. The predicted molar refractivity (Wildman–Crippen MR) is 98.3 cm³/mol. The highest BCUT2D eigenvalue weighted by atomic mass is 16.5. The van der Waals surface area contributed by atoms with Gasteiger partial charge < -0.3 is 10.1 Å². The van der Waals surface area contributed by atoms with Gasteiger partial charge in [0.2, 0.25) is 5.91 Å². The molecule has 0 aliphatic heterocycles. The molecule has 2 rings (SSSR count). The standard InChI is InChI=1S/C21H27NO2/c1-4-18-9-11-19(12-10-18)17(3)22-21(23)6-5-15-24-20-13-7-16(2)8-14-20/h7-14,17H,4-6,15H2,1-3H3,(H,22,23)/t17-/m1/s1. The van der Waals surface area contributed by atoms with Crippen molar-refractivity contribution in [2.75, 3.05) is 6.61 Å². The number of amides is 1. The lowest BCUT2D eigenvalue weighted by Crippen LogP contribution is -2.26. The van der Waals surface area contributed by atoms with Gasteiger partial charge in [0.05, 0.1) is 12.6 Å². The molecule has 0 radical (unpaired) electrons. The van der Waals surface area contributed by atoms with Crippen molar-refractivity contribution in [2.45, 2.75) is 46.1 Å². The maximum absolute atomic E-state index is 12.0. The summed E-state index contributed by atoms with van der Waals surface area (Å²) in [4.78, 5) is 12.0. The summed E-state index contributed by atoms with van der Waals surface area (Å²) < 4.78 is 5.65. The zero-order valence-electron chi connectivity index (χ0n) is 14.8. The molecular formula is C21H27NO2. The van der Waals surface area contributed by atoms with E-state index in [2.05, 4.69) is 36.5 Å². The number of hydrogen-bond donors (Lipinski definition) is 1. The highest BCUT2D eigenvalue weighted by molar-refractivity contribution is 5.76. The average molecular weight is 325 g/mol. The van der Waals surface area contributed by atoms with Gasteiger partial charge in [-0.2, -0.15) is 0 Å². The van der Waals surface area contributed by atoms with Gasteiger partial charge in [-0.25, -0.2) is 0 Å². The van der Waals surface area contributed by atoms with Gasteiger partial charge in [0, 0.05) is 6.42 Å². The fraction of sp³-hybridized carbons (Fsp3) is 0.381. The third-order valence-corrected chi connectivity index (χ3v) is 4.10. The number of benzene rings is 2. The van der Waals surface area contributed by atoms with Crippen LogP contribution < -0.4 is 10.1 Å². The maximum atomic E-state index is 12.0. The van der Waals surface area contributed by atoms with Crippen LogP contribution in [-0.2, 0) is 11.2 Å². The van der Waals surface area contributed by atoms with E-state index in [1.807, 2.05) is 38.1 Å². The topological polar surface area (TPSA) is 38.3 Å². The van der Waals surface area contributed by atoms with Crippen LogP contribution in [0.3, 0.4) is 0 Å². The molecular weight excluding hydrogens is 298 g/mol. The number of aryl methyl sites for hydroxylation is 2. The van der Waals surface area contributed by atoms with Crippen LogP contribution in [-0.4, -0.2) is 12.5 Å². The van der Waals surface area contributed by atoms with Crippen molar-refractivity contribution < 1.29 is 9.53 Å². The summed E-state index contributed by atoms with van der Waals surface area (Å²) in [5.74, 6) is 0.917. The van der Waals surface area contributed by atoms with Crippen molar-refractivity contribution in [1.82, 2.24) is 5.32 Å². The first-order chi connectivity index (χ1) is 11.6. The molecule has 0 saturated carbocycles. The zero-order chi connectivity index (χ0) is 17.4. The second-order valence-electron chi connectivity index (χ2n) is 6.15. The first-order valence-electron chi connectivity index (χ1n) is 8.66. The van der Waals surface area contributed by atoms with E-state index in [-0.39, 0.29) is 11.9 Å². The molecule has 0 unspecified atom stereocenters. The Hall–Kier alpha value is -2.29. The fourth-order valence-electron chi connectivity index (χ4n) is 2.50. The molecule has 3 heteroatoms. The number of carbonyl (C=O) groups is 1. The van der Waals surface area contributed by atoms with Crippen LogP contribution in [0.1, 0.15) is 49.4 Å². The quantitative estimate of drug-likeness (QED) is 0.721. The van der Waals surface area contributed by atoms with Crippen molar-refractivity contribution in [3.05, 3.63) is 65.2 Å². The van der Waals surface area contributed by atoms with E-state index < -0.39 is 0 Å². The Morgan fingerprint density at radius 3 is 2.38 bits per heavy atom. The number of hydrogen-bond acceptors (Lipinski definition) is 2. The highest BCUT2D eigenvalue weighted by Crippen LogP contribution is 2.14. The van der Waals surface area contributed by atoms with Crippen LogP contribution >= 0.6 is 0 Å². The molecule has 1 atom stereocenters. The second-order valence-corrected chi connectivity index (χ2v) is 6.15. The van der Waals surface area contributed by atoms with Crippen LogP contribution in [0, 0.1) is 6.92 Å². The molecule has 0 bridgehead atoms. The molecule has 2 aromatic carbocycles. The minimum atomic E-state index is 0.0291. The largest absolute Gasteiger partial charge is 0.494 e. The molecule has 0 heterocycles. The maximum Gasteiger partial charge on any atom is 0.220 e. The van der Waals surface area contributed by atoms with Crippen LogP contribution in [0.5, 0.6) is 5.75 Å². The van der Waals surface area contributed by atoms with Gasteiger partial charge in [-0.3, -0.25) is 4.79 Å². The Bertz CT molecular complexity index is 632. The number of ether oxygens (including phenoxy) is 1. The molecule has 2 aromatic rings. The first-order valence-corrected chi connectivity index (χ1v) is 8.66. The van der Waals surface area contributed by atoms with Crippen molar-refractivity contribution >= 4 is 5.91 Å². The molecule has 1 amide bonds. The molecule has 0 spiro atoms. The van der Waals surface area contributed by atoms with Gasteiger partial charge >= 0.3 is 0 Å². The molecule has 0 aromatic heterocycles.